The van der Waals surface area contributed by atoms with Gasteiger partial charge in [-0.05, 0) is 32.2 Å². The molecule has 0 bridgehead atoms. The van der Waals surface area contributed by atoms with E-state index >= 15 is 0 Å². The monoisotopic (exact) mass is 664 g/mol. The maximum absolute atomic E-state index is 12.8. The average molecular weight is 665 g/mol. The van der Waals surface area contributed by atoms with Crippen molar-refractivity contribution in [1.29, 1.82) is 0 Å². The minimum absolute atomic E-state index is 0.00505. The molecule has 14 N–H and O–H groups in total. The highest BCUT2D eigenvalue weighted by Crippen LogP contribution is 2.04. The summed E-state index contributed by atoms with van der Waals surface area (Å²) in [5.74, 6) is -10.7. The van der Waals surface area contributed by atoms with Crippen LogP contribution in [0.2, 0.25) is 0 Å². The molecule has 0 aromatic heterocycles. The van der Waals surface area contributed by atoms with Crippen LogP contribution in [0.15, 0.2) is 0 Å². The fourth-order valence-electron chi connectivity index (χ4n) is 3.52. The Bertz CT molecular complexity index is 1110. The van der Waals surface area contributed by atoms with Crippen LogP contribution in [0.4, 0.5) is 0 Å². The molecule has 0 spiro atoms. The van der Waals surface area contributed by atoms with Gasteiger partial charge in [0.1, 0.15) is 24.2 Å². The van der Waals surface area contributed by atoms with Crippen LogP contribution in [-0.2, 0) is 43.2 Å². The molecule has 0 aliphatic carbocycles. The summed E-state index contributed by atoms with van der Waals surface area (Å²) in [7, 11) is 0. The van der Waals surface area contributed by atoms with Gasteiger partial charge in [0.15, 0.2) is 0 Å². The van der Waals surface area contributed by atoms with Gasteiger partial charge in [-0.2, -0.15) is 12.6 Å². The smallest absolute Gasteiger partial charge is 0.326 e. The van der Waals surface area contributed by atoms with Crippen molar-refractivity contribution in [2.45, 2.75) is 75.2 Å². The molecule has 0 heterocycles. The Kier molecular flexibility index (Phi) is 19.1. The van der Waals surface area contributed by atoms with Gasteiger partial charge in [-0.25, -0.2) is 4.79 Å². The van der Waals surface area contributed by atoms with Crippen LogP contribution in [0.1, 0.15) is 44.9 Å². The lowest BCUT2D eigenvalue weighted by Crippen LogP contribution is -2.57. The van der Waals surface area contributed by atoms with Crippen molar-refractivity contribution in [3.8, 4) is 0 Å². The molecule has 5 unspecified atom stereocenters. The number of hydrogen-bond donors (Lipinski definition) is 12. The van der Waals surface area contributed by atoms with Gasteiger partial charge in [-0.15, -0.1) is 0 Å². The summed E-state index contributed by atoms with van der Waals surface area (Å²) >= 11 is 3.86. The maximum atomic E-state index is 12.8. The van der Waals surface area contributed by atoms with Crippen molar-refractivity contribution in [2.24, 2.45) is 17.2 Å². The Hall–Kier alpha value is -4.50. The summed E-state index contributed by atoms with van der Waals surface area (Å²) in [6, 6.07) is -7.53. The second-order valence-electron chi connectivity index (χ2n) is 9.63. The first-order chi connectivity index (χ1) is 21.0. The van der Waals surface area contributed by atoms with Crippen molar-refractivity contribution in [1.82, 2.24) is 26.6 Å². The standard InChI is InChI=1S/C24H40N8O12S/c25-6-2-1-3-13(24(43)44)31-23(42)14(7-16(27)33)29-17(34)9-28-21(40)15(8-19(37)38)32-22(41)12(4-5-18(35)36)30-20(39)11(26)10-45/h11-15,45H,1-10,25-26H2,(H2,27,33)(H,28,40)(H,29,34)(H,30,39)(H,31,42)(H,32,41)(H,35,36)(H,37,38)(H,43,44). The van der Waals surface area contributed by atoms with E-state index in [1.54, 1.807) is 0 Å². The van der Waals surface area contributed by atoms with Crippen molar-refractivity contribution >= 4 is 66.0 Å². The number of carboxylic acid groups (broad SMARTS) is 3. The van der Waals surface area contributed by atoms with Crippen LogP contribution in [0, 0.1) is 0 Å². The number of aliphatic carboxylic acids is 3. The molecule has 0 aliphatic heterocycles. The van der Waals surface area contributed by atoms with Crippen LogP contribution >= 0.6 is 12.6 Å². The maximum Gasteiger partial charge on any atom is 0.326 e. The van der Waals surface area contributed by atoms with Crippen LogP contribution in [0.5, 0.6) is 0 Å². The Morgan fingerprint density at radius 3 is 1.73 bits per heavy atom. The van der Waals surface area contributed by atoms with E-state index in [4.69, 9.17) is 22.3 Å². The minimum Gasteiger partial charge on any atom is -0.481 e. The van der Waals surface area contributed by atoms with E-state index in [0.717, 1.165) is 0 Å². The molecule has 6 amide bonds. The fraction of sp³-hybridized carbons (Fsp3) is 0.625. The van der Waals surface area contributed by atoms with Crippen LogP contribution in [0.25, 0.3) is 0 Å². The average Bonchev–Trinajstić information content (AvgIpc) is 2.95. The zero-order chi connectivity index (χ0) is 34.7. The van der Waals surface area contributed by atoms with Crippen LogP contribution in [0.3, 0.4) is 0 Å². The first-order valence-corrected chi connectivity index (χ1v) is 14.1. The van der Waals surface area contributed by atoms with Gasteiger partial charge in [0.2, 0.25) is 35.4 Å². The van der Waals surface area contributed by atoms with Gasteiger partial charge in [0.25, 0.3) is 0 Å². The van der Waals surface area contributed by atoms with E-state index in [1.165, 1.54) is 0 Å². The quantitative estimate of drug-likeness (QED) is 0.0359. The van der Waals surface area contributed by atoms with Gasteiger partial charge in [0, 0.05) is 12.2 Å². The molecule has 0 aromatic rings. The molecular weight excluding hydrogens is 624 g/mol. The number of carboxylic acids is 3. The number of hydrogen-bond acceptors (Lipinski definition) is 12. The van der Waals surface area contributed by atoms with E-state index in [0.29, 0.717) is 12.8 Å². The van der Waals surface area contributed by atoms with Crippen molar-refractivity contribution in [3.63, 3.8) is 0 Å². The topological polar surface area (TPSA) is 353 Å². The van der Waals surface area contributed by atoms with Gasteiger partial charge in [-0.3, -0.25) is 38.4 Å². The van der Waals surface area contributed by atoms with Gasteiger partial charge < -0.3 is 59.1 Å². The van der Waals surface area contributed by atoms with Crippen LogP contribution in [-0.4, -0.2) is 118 Å². The minimum atomic E-state index is -1.82. The molecule has 0 aliphatic rings. The van der Waals surface area contributed by atoms with Gasteiger partial charge in [0.05, 0.1) is 25.4 Å². The molecule has 5 atom stereocenters. The number of primary amides is 1. The van der Waals surface area contributed by atoms with E-state index in [9.17, 15) is 53.4 Å². The first kappa shape index (κ1) is 40.5. The Labute approximate surface area is 262 Å². The van der Waals surface area contributed by atoms with Crippen molar-refractivity contribution in [2.75, 3.05) is 18.8 Å². The zero-order valence-electron chi connectivity index (χ0n) is 24.2. The van der Waals surface area contributed by atoms with Crippen LogP contribution < -0.4 is 43.8 Å². The Morgan fingerprint density at radius 1 is 0.667 bits per heavy atom. The molecule has 254 valence electrons. The Balaban J connectivity index is 5.55. The number of rotatable bonds is 23. The molecule has 20 nitrogen and oxygen atoms in total. The number of carbonyl (C=O) groups is 9. The number of nitrogens with two attached hydrogens (primary N) is 3. The lowest BCUT2D eigenvalue weighted by atomic mass is 10.1. The molecule has 0 fully saturated rings. The number of nitrogens with one attached hydrogen (secondary N) is 5. The summed E-state index contributed by atoms with van der Waals surface area (Å²) in [5.41, 5.74) is 16.1. The first-order valence-electron chi connectivity index (χ1n) is 13.5. The second kappa shape index (κ2) is 21.2. The predicted octanol–water partition coefficient (Wildman–Crippen LogP) is -5.27. The third kappa shape index (κ3) is 17.4. The highest BCUT2D eigenvalue weighted by Gasteiger charge is 2.31. The lowest BCUT2D eigenvalue weighted by Gasteiger charge is -2.23. The number of thiol groups is 1. The predicted molar refractivity (Wildman–Crippen MR) is 156 cm³/mol. The third-order valence-electron chi connectivity index (χ3n) is 5.87. The van der Waals surface area contributed by atoms with Crippen molar-refractivity contribution < 1.29 is 58.5 Å². The lowest BCUT2D eigenvalue weighted by molar-refractivity contribution is -0.142. The molecule has 0 aromatic carbocycles. The summed E-state index contributed by atoms with van der Waals surface area (Å²) in [4.78, 5) is 108. The molecule has 21 heteroatoms. The number of amides is 6. The zero-order valence-corrected chi connectivity index (χ0v) is 25.0. The van der Waals surface area contributed by atoms with E-state index in [1.807, 2.05) is 5.32 Å². The SMILES string of the molecule is NCCCCC(NC(=O)C(CC(N)=O)NC(=O)CNC(=O)C(CC(=O)O)NC(=O)C(CCC(=O)O)NC(=O)C(N)CS)C(=O)O. The Morgan fingerprint density at radius 2 is 1.22 bits per heavy atom. The van der Waals surface area contributed by atoms with E-state index in [2.05, 4.69) is 33.9 Å². The summed E-state index contributed by atoms with van der Waals surface area (Å²) in [5, 5.41) is 38.2. The highest BCUT2D eigenvalue weighted by molar-refractivity contribution is 7.80. The molecule has 45 heavy (non-hydrogen) atoms. The fourth-order valence-corrected chi connectivity index (χ4v) is 3.69. The van der Waals surface area contributed by atoms with E-state index < -0.39 is 116 Å². The molecule has 0 radical (unpaired) electrons. The largest absolute Gasteiger partial charge is 0.481 e. The van der Waals surface area contributed by atoms with E-state index in [-0.39, 0.29) is 18.7 Å². The van der Waals surface area contributed by atoms with Crippen molar-refractivity contribution in [3.05, 3.63) is 0 Å². The molecule has 0 rings (SSSR count). The summed E-state index contributed by atoms with van der Waals surface area (Å²) in [6.45, 7) is -0.613. The molecule has 0 saturated heterocycles. The summed E-state index contributed by atoms with van der Waals surface area (Å²) in [6.07, 6.45) is -1.94. The summed E-state index contributed by atoms with van der Waals surface area (Å²) < 4.78 is 0. The normalized spacial score (nSPS) is 13.9. The highest BCUT2D eigenvalue weighted by atomic mass is 32.1. The molecule has 0 saturated carbocycles. The van der Waals surface area contributed by atoms with Gasteiger partial charge >= 0.3 is 17.9 Å². The third-order valence-corrected chi connectivity index (χ3v) is 6.26. The molecular formula is C24H40N8O12S. The number of carbonyl (C=O) groups excluding carboxylic acids is 6. The second-order valence-corrected chi connectivity index (χ2v) is 10.00. The van der Waals surface area contributed by atoms with Gasteiger partial charge in [-0.1, -0.05) is 0 Å². The number of unbranched alkanes of at least 4 members (excludes halogenated alkanes) is 1.